The Bertz CT molecular complexity index is 542. The van der Waals surface area contributed by atoms with E-state index in [1.165, 1.54) is 56.6 Å². The average Bonchev–Trinajstić information content (AvgIpc) is 2.95. The van der Waals surface area contributed by atoms with Crippen LogP contribution in [0.3, 0.4) is 0 Å². The monoisotopic (exact) mass is 328 g/mol. The van der Waals surface area contributed by atoms with Crippen molar-refractivity contribution in [1.29, 1.82) is 0 Å². The van der Waals surface area contributed by atoms with E-state index in [4.69, 9.17) is 4.74 Å². The summed E-state index contributed by atoms with van der Waals surface area (Å²) < 4.78 is 5.27. The molecule has 0 aliphatic carbocycles. The van der Waals surface area contributed by atoms with E-state index in [1.807, 2.05) is 0 Å². The number of hydrogen-bond donors (Lipinski definition) is 0. The molecule has 24 heavy (non-hydrogen) atoms. The lowest BCUT2D eigenvalue weighted by Gasteiger charge is -2.40. The minimum absolute atomic E-state index is 0.527. The Morgan fingerprint density at radius 1 is 1.12 bits per heavy atom. The van der Waals surface area contributed by atoms with E-state index in [0.717, 1.165) is 19.7 Å². The first-order valence-electron chi connectivity index (χ1n) is 9.35. The van der Waals surface area contributed by atoms with Gasteiger partial charge in [-0.25, -0.2) is 0 Å². The Morgan fingerprint density at radius 3 is 2.71 bits per heavy atom. The number of nitrogens with zero attached hydrogens (tertiary/aromatic N) is 2. The quantitative estimate of drug-likeness (QED) is 0.794. The largest absolute Gasteiger partial charge is 0.383 e. The van der Waals surface area contributed by atoms with Crippen LogP contribution in [0, 0.1) is 5.41 Å². The SMILES string of the molecule is COCCN1CCCC2(CCN(C/C(C)=C/c3ccccc3)C2)C1. The highest BCUT2D eigenvalue weighted by molar-refractivity contribution is 5.52. The molecule has 0 aromatic heterocycles. The van der Waals surface area contributed by atoms with Gasteiger partial charge < -0.3 is 9.64 Å². The summed E-state index contributed by atoms with van der Waals surface area (Å²) in [5.74, 6) is 0. The first-order chi connectivity index (χ1) is 11.7. The molecule has 1 atom stereocenters. The molecule has 0 saturated carbocycles. The van der Waals surface area contributed by atoms with Crippen molar-refractivity contribution in [1.82, 2.24) is 9.80 Å². The molecule has 2 heterocycles. The van der Waals surface area contributed by atoms with Gasteiger partial charge in [0, 0.05) is 33.3 Å². The van der Waals surface area contributed by atoms with Gasteiger partial charge in [-0.05, 0) is 50.3 Å². The summed E-state index contributed by atoms with van der Waals surface area (Å²) in [5.41, 5.74) is 3.30. The standard InChI is InChI=1S/C21H32N2O/c1-19(15-20-7-4-3-5-8-20)16-23-12-10-21(18-23)9-6-11-22(17-21)13-14-24-2/h3-5,7-8,15H,6,9-14,16-18H2,1-2H3/b19-15+. The Hall–Kier alpha value is -1.16. The molecular weight excluding hydrogens is 296 g/mol. The van der Waals surface area contributed by atoms with Gasteiger partial charge in [0.2, 0.25) is 0 Å². The summed E-state index contributed by atoms with van der Waals surface area (Å²) in [5, 5.41) is 0. The maximum atomic E-state index is 5.27. The third-order valence-electron chi connectivity index (χ3n) is 5.56. The second-order valence-electron chi connectivity index (χ2n) is 7.73. The van der Waals surface area contributed by atoms with Crippen molar-refractivity contribution in [3.63, 3.8) is 0 Å². The molecule has 132 valence electrons. The zero-order chi connectivity index (χ0) is 16.8. The number of likely N-dealkylation sites (tertiary alicyclic amines) is 2. The van der Waals surface area contributed by atoms with E-state index in [1.54, 1.807) is 7.11 Å². The van der Waals surface area contributed by atoms with Gasteiger partial charge in [-0.15, -0.1) is 0 Å². The lowest BCUT2D eigenvalue weighted by atomic mass is 9.79. The minimum Gasteiger partial charge on any atom is -0.383 e. The van der Waals surface area contributed by atoms with Crippen LogP contribution in [-0.2, 0) is 4.74 Å². The van der Waals surface area contributed by atoms with Gasteiger partial charge in [0.15, 0.2) is 0 Å². The van der Waals surface area contributed by atoms with Crippen molar-refractivity contribution in [2.45, 2.75) is 26.2 Å². The second kappa shape index (κ2) is 8.28. The molecule has 0 amide bonds. The Labute approximate surface area is 147 Å². The maximum absolute atomic E-state index is 5.27. The van der Waals surface area contributed by atoms with Gasteiger partial charge in [0.05, 0.1) is 6.61 Å². The molecule has 2 aliphatic rings. The average molecular weight is 329 g/mol. The maximum Gasteiger partial charge on any atom is 0.0589 e. The van der Waals surface area contributed by atoms with E-state index < -0.39 is 0 Å². The van der Waals surface area contributed by atoms with Gasteiger partial charge in [-0.1, -0.05) is 42.0 Å². The van der Waals surface area contributed by atoms with Crippen molar-refractivity contribution in [3.05, 3.63) is 41.5 Å². The molecule has 0 radical (unpaired) electrons. The number of rotatable bonds is 6. The molecule has 3 heteroatoms. The molecule has 3 rings (SSSR count). The van der Waals surface area contributed by atoms with Crippen LogP contribution in [0.5, 0.6) is 0 Å². The van der Waals surface area contributed by atoms with Crippen molar-refractivity contribution in [3.8, 4) is 0 Å². The van der Waals surface area contributed by atoms with Gasteiger partial charge in [0.25, 0.3) is 0 Å². The topological polar surface area (TPSA) is 15.7 Å². The van der Waals surface area contributed by atoms with Crippen molar-refractivity contribution < 1.29 is 4.74 Å². The fraction of sp³-hybridized carbons (Fsp3) is 0.619. The molecule has 1 unspecified atom stereocenters. The lowest BCUT2D eigenvalue weighted by molar-refractivity contribution is 0.0685. The molecule has 3 nitrogen and oxygen atoms in total. The number of methoxy groups -OCH3 is 1. The van der Waals surface area contributed by atoms with Crippen LogP contribution < -0.4 is 0 Å². The van der Waals surface area contributed by atoms with Crippen molar-refractivity contribution in [2.75, 3.05) is 53.0 Å². The van der Waals surface area contributed by atoms with Crippen LogP contribution in [0.1, 0.15) is 31.7 Å². The molecule has 2 aliphatic heterocycles. The number of benzene rings is 1. The van der Waals surface area contributed by atoms with Gasteiger partial charge in [-0.2, -0.15) is 0 Å². The molecule has 1 aromatic rings. The molecule has 0 N–H and O–H groups in total. The summed E-state index contributed by atoms with van der Waals surface area (Å²) in [6.45, 7) is 10.3. The third kappa shape index (κ3) is 4.69. The molecule has 2 fully saturated rings. The minimum atomic E-state index is 0.527. The van der Waals surface area contributed by atoms with Crippen LogP contribution in [-0.4, -0.2) is 62.8 Å². The molecule has 2 saturated heterocycles. The summed E-state index contributed by atoms with van der Waals surface area (Å²) in [6, 6.07) is 10.7. The normalized spacial score (nSPS) is 26.3. The number of piperidine rings is 1. The smallest absolute Gasteiger partial charge is 0.0589 e. The highest BCUT2D eigenvalue weighted by Gasteiger charge is 2.40. The highest BCUT2D eigenvalue weighted by Crippen LogP contribution is 2.39. The van der Waals surface area contributed by atoms with Gasteiger partial charge >= 0.3 is 0 Å². The zero-order valence-electron chi connectivity index (χ0n) is 15.3. The Morgan fingerprint density at radius 2 is 1.92 bits per heavy atom. The van der Waals surface area contributed by atoms with Crippen LogP contribution in [0.15, 0.2) is 35.9 Å². The second-order valence-corrected chi connectivity index (χ2v) is 7.73. The molecular formula is C21H32N2O. The first-order valence-corrected chi connectivity index (χ1v) is 9.35. The molecule has 1 spiro atoms. The van der Waals surface area contributed by atoms with Crippen LogP contribution in [0.25, 0.3) is 6.08 Å². The molecule has 0 bridgehead atoms. The van der Waals surface area contributed by atoms with E-state index in [-0.39, 0.29) is 0 Å². The van der Waals surface area contributed by atoms with Crippen LogP contribution in [0.2, 0.25) is 0 Å². The third-order valence-corrected chi connectivity index (χ3v) is 5.56. The van der Waals surface area contributed by atoms with Crippen molar-refractivity contribution >= 4 is 6.08 Å². The van der Waals surface area contributed by atoms with E-state index in [0.29, 0.717) is 5.41 Å². The predicted octanol–water partition coefficient (Wildman–Crippen LogP) is 3.52. The number of hydrogen-bond acceptors (Lipinski definition) is 3. The summed E-state index contributed by atoms with van der Waals surface area (Å²) >= 11 is 0. The lowest BCUT2D eigenvalue weighted by Crippen LogP contribution is -2.45. The van der Waals surface area contributed by atoms with Crippen molar-refractivity contribution in [2.24, 2.45) is 5.41 Å². The number of ether oxygens (including phenoxy) is 1. The molecule has 1 aromatic carbocycles. The fourth-order valence-corrected chi connectivity index (χ4v) is 4.45. The summed E-state index contributed by atoms with van der Waals surface area (Å²) in [4.78, 5) is 5.28. The van der Waals surface area contributed by atoms with Gasteiger partial charge in [-0.3, -0.25) is 4.90 Å². The van der Waals surface area contributed by atoms with Crippen LogP contribution >= 0.6 is 0 Å². The van der Waals surface area contributed by atoms with E-state index in [9.17, 15) is 0 Å². The Balaban J connectivity index is 1.54. The van der Waals surface area contributed by atoms with E-state index in [2.05, 4.69) is 53.1 Å². The van der Waals surface area contributed by atoms with E-state index >= 15 is 0 Å². The Kier molecular flexibility index (Phi) is 6.09. The fourth-order valence-electron chi connectivity index (χ4n) is 4.45. The predicted molar refractivity (Wildman–Crippen MR) is 101 cm³/mol. The van der Waals surface area contributed by atoms with Crippen LogP contribution in [0.4, 0.5) is 0 Å². The zero-order valence-corrected chi connectivity index (χ0v) is 15.3. The highest BCUT2D eigenvalue weighted by atomic mass is 16.5. The van der Waals surface area contributed by atoms with Gasteiger partial charge in [0.1, 0.15) is 0 Å². The summed E-state index contributed by atoms with van der Waals surface area (Å²) in [6.07, 6.45) is 6.43. The first kappa shape index (κ1) is 17.7. The summed E-state index contributed by atoms with van der Waals surface area (Å²) in [7, 11) is 1.80.